The van der Waals surface area contributed by atoms with E-state index in [4.69, 9.17) is 4.74 Å². The van der Waals surface area contributed by atoms with Crippen LogP contribution in [0.3, 0.4) is 0 Å². The maximum Gasteiger partial charge on any atom is 0.336 e. The molecule has 1 unspecified atom stereocenters. The van der Waals surface area contributed by atoms with Gasteiger partial charge in [-0.3, -0.25) is 4.79 Å². The van der Waals surface area contributed by atoms with Gasteiger partial charge in [0.2, 0.25) is 5.91 Å². The van der Waals surface area contributed by atoms with Crippen LogP contribution in [-0.2, 0) is 14.3 Å². The zero-order chi connectivity index (χ0) is 23.3. The van der Waals surface area contributed by atoms with Crippen molar-refractivity contribution in [2.24, 2.45) is 0 Å². The molecule has 0 radical (unpaired) electrons. The van der Waals surface area contributed by atoms with Gasteiger partial charge in [0.05, 0.1) is 41.0 Å². The highest BCUT2D eigenvalue weighted by atomic mass is 32.2. The number of carbonyl (C=O) groups excluding carboxylic acids is 2. The Labute approximate surface area is 188 Å². The second kappa shape index (κ2) is 10.1. The molecule has 0 saturated carbocycles. The summed E-state index contributed by atoms with van der Waals surface area (Å²) in [7, 11) is 1.24. The molecule has 0 aliphatic carbocycles. The lowest BCUT2D eigenvalue weighted by Crippen LogP contribution is -2.29. The maximum absolute atomic E-state index is 13.5. The normalized spacial score (nSPS) is 15.7. The molecule has 2 N–H and O–H groups in total. The Morgan fingerprint density at radius 2 is 1.72 bits per heavy atom. The molecule has 9 heteroatoms. The third-order valence-corrected chi connectivity index (χ3v) is 5.75. The molecule has 0 saturated heterocycles. The summed E-state index contributed by atoms with van der Waals surface area (Å²) in [5.41, 5.74) is 1.89. The average molecular weight is 455 g/mol. The van der Waals surface area contributed by atoms with Gasteiger partial charge in [0.25, 0.3) is 0 Å². The standard InChI is InChI=1S/C23H19F2N3O3S/c1-13-20(23(30)31-2)21(14-3-5-15(24)6-4-14)18(11-26)22(27-13)32-12-19(29)28-17-9-7-16(25)8-10-17/h3-10,21,27H,12H2,1-2H3,(H,28,29). The van der Waals surface area contributed by atoms with Crippen molar-refractivity contribution in [2.45, 2.75) is 12.8 Å². The molecule has 3 rings (SSSR count). The lowest BCUT2D eigenvalue weighted by molar-refractivity contribution is -0.136. The SMILES string of the molecule is COC(=O)C1=C(C)NC(SCC(=O)Nc2ccc(F)cc2)=C(C#N)C1c1ccc(F)cc1. The van der Waals surface area contributed by atoms with Crippen LogP contribution >= 0.6 is 11.8 Å². The highest BCUT2D eigenvalue weighted by molar-refractivity contribution is 8.03. The minimum atomic E-state index is -0.781. The monoisotopic (exact) mass is 455 g/mol. The first-order valence-corrected chi connectivity index (χ1v) is 10.5. The van der Waals surface area contributed by atoms with E-state index < -0.39 is 23.5 Å². The second-order valence-electron chi connectivity index (χ2n) is 6.84. The molecule has 1 aliphatic heterocycles. The predicted octanol–water partition coefficient (Wildman–Crippen LogP) is 4.21. The highest BCUT2D eigenvalue weighted by Gasteiger charge is 2.35. The lowest BCUT2D eigenvalue weighted by atomic mass is 9.82. The van der Waals surface area contributed by atoms with E-state index >= 15 is 0 Å². The van der Waals surface area contributed by atoms with E-state index in [1.54, 1.807) is 6.92 Å². The molecule has 0 spiro atoms. The zero-order valence-corrected chi connectivity index (χ0v) is 18.1. The number of thioether (sulfide) groups is 1. The number of rotatable bonds is 6. The second-order valence-corrected chi connectivity index (χ2v) is 7.82. The lowest BCUT2D eigenvalue weighted by Gasteiger charge is -2.29. The van der Waals surface area contributed by atoms with Crippen molar-refractivity contribution in [3.63, 3.8) is 0 Å². The topological polar surface area (TPSA) is 91.2 Å². The predicted molar refractivity (Wildman–Crippen MR) is 117 cm³/mol. The van der Waals surface area contributed by atoms with Crippen molar-refractivity contribution in [1.82, 2.24) is 5.32 Å². The van der Waals surface area contributed by atoms with Crippen molar-refractivity contribution in [3.05, 3.63) is 87.6 Å². The number of methoxy groups -OCH3 is 1. The van der Waals surface area contributed by atoms with Gasteiger partial charge in [-0.05, 0) is 48.9 Å². The number of nitrogens with zero attached hydrogens (tertiary/aromatic N) is 1. The fourth-order valence-electron chi connectivity index (χ4n) is 3.26. The first kappa shape index (κ1) is 23.0. The van der Waals surface area contributed by atoms with Crippen molar-refractivity contribution in [2.75, 3.05) is 18.2 Å². The molecule has 2 aromatic rings. The van der Waals surface area contributed by atoms with Gasteiger partial charge in [-0.15, -0.1) is 0 Å². The van der Waals surface area contributed by atoms with E-state index in [0.29, 0.717) is 22.0 Å². The Kier molecular flexibility index (Phi) is 7.28. The van der Waals surface area contributed by atoms with E-state index in [2.05, 4.69) is 16.7 Å². The van der Waals surface area contributed by atoms with Crippen LogP contribution in [0.4, 0.5) is 14.5 Å². The number of benzene rings is 2. The number of ether oxygens (including phenoxy) is 1. The van der Waals surface area contributed by atoms with Gasteiger partial charge < -0.3 is 15.4 Å². The van der Waals surface area contributed by atoms with Gasteiger partial charge in [0.15, 0.2) is 0 Å². The molecule has 6 nitrogen and oxygen atoms in total. The minimum absolute atomic E-state index is 0.0398. The molecular weight excluding hydrogens is 436 g/mol. The number of carbonyl (C=O) groups is 2. The number of nitriles is 1. The zero-order valence-electron chi connectivity index (χ0n) is 17.2. The van der Waals surface area contributed by atoms with Crippen LogP contribution in [0.1, 0.15) is 18.4 Å². The van der Waals surface area contributed by atoms with E-state index in [1.807, 2.05) is 0 Å². The summed E-state index contributed by atoms with van der Waals surface area (Å²) in [6.07, 6.45) is 0. The average Bonchev–Trinajstić information content (AvgIpc) is 2.78. The Bertz CT molecular complexity index is 1140. The minimum Gasteiger partial charge on any atom is -0.466 e. The maximum atomic E-state index is 13.5. The van der Waals surface area contributed by atoms with Gasteiger partial charge in [-0.1, -0.05) is 23.9 Å². The summed E-state index contributed by atoms with van der Waals surface area (Å²) in [5, 5.41) is 16.0. The first-order chi connectivity index (χ1) is 15.3. The highest BCUT2D eigenvalue weighted by Crippen LogP contribution is 2.40. The number of nitrogens with one attached hydrogen (secondary N) is 2. The summed E-state index contributed by atoms with van der Waals surface area (Å²) >= 11 is 1.09. The third kappa shape index (κ3) is 5.15. The summed E-state index contributed by atoms with van der Waals surface area (Å²) in [5.74, 6) is -2.65. The first-order valence-electron chi connectivity index (χ1n) is 9.48. The molecule has 2 aromatic carbocycles. The van der Waals surface area contributed by atoms with Gasteiger partial charge in [0.1, 0.15) is 11.6 Å². The molecule has 1 heterocycles. The number of dihydropyridines is 1. The van der Waals surface area contributed by atoms with Gasteiger partial charge >= 0.3 is 5.97 Å². The fourth-order valence-corrected chi connectivity index (χ4v) is 4.16. The summed E-state index contributed by atoms with van der Waals surface area (Å²) in [6, 6.07) is 13.0. The van der Waals surface area contributed by atoms with Crippen LogP contribution < -0.4 is 10.6 Å². The quantitative estimate of drug-likeness (QED) is 0.635. The molecule has 1 amide bonds. The van der Waals surface area contributed by atoms with Crippen LogP contribution in [0.25, 0.3) is 0 Å². The van der Waals surface area contributed by atoms with E-state index in [-0.39, 0.29) is 22.8 Å². The van der Waals surface area contributed by atoms with E-state index in [9.17, 15) is 23.6 Å². The van der Waals surface area contributed by atoms with Crippen LogP contribution in [0.5, 0.6) is 0 Å². The summed E-state index contributed by atoms with van der Waals surface area (Å²) in [6.45, 7) is 1.66. The Balaban J connectivity index is 1.88. The van der Waals surface area contributed by atoms with Gasteiger partial charge in [-0.2, -0.15) is 5.26 Å². The van der Waals surface area contributed by atoms with Crippen molar-refractivity contribution < 1.29 is 23.1 Å². The van der Waals surface area contributed by atoms with Crippen LogP contribution in [0.15, 0.2) is 70.4 Å². The van der Waals surface area contributed by atoms with E-state index in [1.165, 1.54) is 55.6 Å². The third-order valence-electron chi connectivity index (χ3n) is 4.73. The van der Waals surface area contributed by atoms with Crippen molar-refractivity contribution >= 4 is 29.3 Å². The Morgan fingerprint density at radius 1 is 1.12 bits per heavy atom. The van der Waals surface area contributed by atoms with Crippen molar-refractivity contribution in [3.8, 4) is 6.07 Å². The molecule has 0 aromatic heterocycles. The van der Waals surface area contributed by atoms with Crippen LogP contribution in [0.2, 0.25) is 0 Å². The molecule has 164 valence electrons. The molecular formula is C23H19F2N3O3S. The van der Waals surface area contributed by atoms with Crippen molar-refractivity contribution in [1.29, 1.82) is 5.26 Å². The fraction of sp³-hybridized carbons (Fsp3) is 0.174. The molecule has 32 heavy (non-hydrogen) atoms. The number of anilines is 1. The van der Waals surface area contributed by atoms with Crippen LogP contribution in [0, 0.1) is 23.0 Å². The van der Waals surface area contributed by atoms with Gasteiger partial charge in [0, 0.05) is 11.4 Å². The van der Waals surface area contributed by atoms with Gasteiger partial charge in [-0.25, -0.2) is 13.6 Å². The number of halogens is 2. The summed E-state index contributed by atoms with van der Waals surface area (Å²) in [4.78, 5) is 24.8. The Hall–Kier alpha value is -3.64. The molecule has 0 bridgehead atoms. The number of allylic oxidation sites excluding steroid dienone is 2. The number of amides is 1. The smallest absolute Gasteiger partial charge is 0.336 e. The molecule has 1 atom stereocenters. The molecule has 0 fully saturated rings. The number of hydrogen-bond acceptors (Lipinski definition) is 6. The largest absolute Gasteiger partial charge is 0.466 e. The van der Waals surface area contributed by atoms with Crippen LogP contribution in [-0.4, -0.2) is 24.7 Å². The summed E-state index contributed by atoms with van der Waals surface area (Å²) < 4.78 is 31.4. The number of hydrogen-bond donors (Lipinski definition) is 2. The number of esters is 1. The van der Waals surface area contributed by atoms with E-state index in [0.717, 1.165) is 11.8 Å². The molecule has 1 aliphatic rings. The Morgan fingerprint density at radius 3 is 2.28 bits per heavy atom.